The number of carbonyl (C=O) groups is 1. The van der Waals surface area contributed by atoms with Crippen LogP contribution >= 0.6 is 0 Å². The Balaban J connectivity index is 3.41. The number of halogens is 2. The third-order valence-corrected chi connectivity index (χ3v) is 1.85. The molecule has 0 atom stereocenters. The molecule has 0 saturated heterocycles. The molecule has 0 fully saturated rings. The van der Waals surface area contributed by atoms with Crippen molar-refractivity contribution in [3.63, 3.8) is 0 Å². The molecule has 0 amide bonds. The van der Waals surface area contributed by atoms with E-state index in [-0.39, 0.29) is 11.3 Å². The fourth-order valence-electron chi connectivity index (χ4n) is 1.14. The maximum absolute atomic E-state index is 12.4. The molecule has 0 saturated carbocycles. The number of rotatable bonds is 2. The second-order valence-electron chi connectivity index (χ2n) is 2.82. The predicted octanol–water partition coefficient (Wildman–Crippen LogP) is 2.11. The van der Waals surface area contributed by atoms with Crippen LogP contribution in [0.4, 0.5) is 14.5 Å². The summed E-state index contributed by atoms with van der Waals surface area (Å²) in [6.07, 6.45) is -2.89. The van der Waals surface area contributed by atoms with Crippen LogP contribution in [-0.4, -0.2) is 10.9 Å². The highest BCUT2D eigenvalue weighted by Crippen LogP contribution is 2.35. The summed E-state index contributed by atoms with van der Waals surface area (Å²) < 4.78 is 24.8. The molecule has 0 heterocycles. The Morgan fingerprint density at radius 1 is 1.50 bits per heavy atom. The molecule has 14 heavy (non-hydrogen) atoms. The Morgan fingerprint density at radius 2 is 2.07 bits per heavy atom. The van der Waals surface area contributed by atoms with Crippen molar-refractivity contribution in [2.75, 3.05) is 5.73 Å². The molecule has 1 rings (SSSR count). The summed E-state index contributed by atoms with van der Waals surface area (Å²) in [5.74, 6) is -1.21. The van der Waals surface area contributed by atoms with Crippen molar-refractivity contribution < 1.29 is 18.7 Å². The monoisotopic (exact) mass is 201 g/mol. The minimum Gasteiger partial charge on any atom is -0.507 e. The molecule has 0 aliphatic rings. The number of hydrogen-bond acceptors (Lipinski definition) is 3. The van der Waals surface area contributed by atoms with Gasteiger partial charge in [0.05, 0.1) is 11.1 Å². The second-order valence-corrected chi connectivity index (χ2v) is 2.82. The van der Waals surface area contributed by atoms with E-state index in [1.807, 2.05) is 0 Å². The average molecular weight is 201 g/mol. The van der Waals surface area contributed by atoms with Gasteiger partial charge in [-0.25, -0.2) is 8.78 Å². The minimum atomic E-state index is -2.89. The molecule has 0 spiro atoms. The van der Waals surface area contributed by atoms with Crippen LogP contribution in [-0.2, 0) is 0 Å². The lowest BCUT2D eigenvalue weighted by molar-refractivity contribution is 0.101. The maximum Gasteiger partial charge on any atom is 0.269 e. The second kappa shape index (κ2) is 3.61. The summed E-state index contributed by atoms with van der Waals surface area (Å²) in [6.45, 7) is 1.18. The first-order chi connectivity index (χ1) is 6.45. The van der Waals surface area contributed by atoms with E-state index in [1.54, 1.807) is 0 Å². The van der Waals surface area contributed by atoms with Gasteiger partial charge in [-0.1, -0.05) is 0 Å². The van der Waals surface area contributed by atoms with Gasteiger partial charge in [0.1, 0.15) is 5.75 Å². The number of Topliss-reactive ketones (excluding diaryl/α,β-unsaturated/α-hetero) is 1. The Labute approximate surface area is 79.2 Å². The van der Waals surface area contributed by atoms with Crippen molar-refractivity contribution in [1.29, 1.82) is 0 Å². The molecule has 5 heteroatoms. The van der Waals surface area contributed by atoms with Gasteiger partial charge in [-0.3, -0.25) is 4.79 Å². The van der Waals surface area contributed by atoms with E-state index in [9.17, 15) is 18.7 Å². The standard InChI is InChI=1S/C9H9F2NO2/c1-4(13)5-2-3-6(12)7(8(5)14)9(10)11/h2-3,9,14H,12H2,1H3. The molecular formula is C9H9F2NO2. The number of phenols is 1. The Kier molecular flexibility index (Phi) is 2.69. The van der Waals surface area contributed by atoms with E-state index in [2.05, 4.69) is 0 Å². The number of carbonyl (C=O) groups excluding carboxylic acids is 1. The lowest BCUT2D eigenvalue weighted by Gasteiger charge is -2.09. The summed E-state index contributed by atoms with van der Waals surface area (Å²) in [5, 5.41) is 9.33. The molecule has 0 unspecified atom stereocenters. The van der Waals surface area contributed by atoms with Crippen molar-refractivity contribution >= 4 is 11.5 Å². The molecule has 0 radical (unpaired) electrons. The maximum atomic E-state index is 12.4. The Morgan fingerprint density at radius 3 is 2.50 bits per heavy atom. The molecule has 3 N–H and O–H groups in total. The van der Waals surface area contributed by atoms with Crippen LogP contribution in [0.2, 0.25) is 0 Å². The van der Waals surface area contributed by atoms with Crippen molar-refractivity contribution in [3.8, 4) is 5.75 Å². The van der Waals surface area contributed by atoms with E-state index in [0.29, 0.717) is 0 Å². The summed E-state index contributed by atoms with van der Waals surface area (Å²) in [5.41, 5.74) is 4.19. The third kappa shape index (κ3) is 1.66. The van der Waals surface area contributed by atoms with Gasteiger partial charge < -0.3 is 10.8 Å². The highest BCUT2D eigenvalue weighted by atomic mass is 19.3. The quantitative estimate of drug-likeness (QED) is 0.569. The summed E-state index contributed by atoms with van der Waals surface area (Å²) >= 11 is 0. The zero-order valence-electron chi connectivity index (χ0n) is 7.42. The first-order valence-corrected chi connectivity index (χ1v) is 3.85. The van der Waals surface area contributed by atoms with Gasteiger partial charge in [0, 0.05) is 5.69 Å². The molecule has 0 aliphatic carbocycles. The van der Waals surface area contributed by atoms with Crippen LogP contribution in [0.15, 0.2) is 12.1 Å². The summed E-state index contributed by atoms with van der Waals surface area (Å²) in [6, 6.07) is 2.40. The normalized spacial score (nSPS) is 10.6. The molecule has 3 nitrogen and oxygen atoms in total. The van der Waals surface area contributed by atoms with Crippen LogP contribution < -0.4 is 5.73 Å². The fraction of sp³-hybridized carbons (Fsp3) is 0.222. The number of nitrogen functional groups attached to an aromatic ring is 1. The third-order valence-electron chi connectivity index (χ3n) is 1.85. The van der Waals surface area contributed by atoms with Crippen molar-refractivity contribution in [2.45, 2.75) is 13.3 Å². The number of ketones is 1. The van der Waals surface area contributed by atoms with Gasteiger partial charge in [-0.2, -0.15) is 0 Å². The van der Waals surface area contributed by atoms with Gasteiger partial charge in [0.2, 0.25) is 0 Å². The molecule has 0 bridgehead atoms. The summed E-state index contributed by atoms with van der Waals surface area (Å²) in [7, 11) is 0. The minimum absolute atomic E-state index is 0.144. The van der Waals surface area contributed by atoms with Crippen LogP contribution in [0.1, 0.15) is 29.3 Å². The van der Waals surface area contributed by atoms with Gasteiger partial charge in [0.15, 0.2) is 5.78 Å². The van der Waals surface area contributed by atoms with Crippen LogP contribution in [0.3, 0.4) is 0 Å². The lowest BCUT2D eigenvalue weighted by Crippen LogP contribution is -2.01. The largest absolute Gasteiger partial charge is 0.507 e. The van der Waals surface area contributed by atoms with E-state index in [0.717, 1.165) is 0 Å². The van der Waals surface area contributed by atoms with E-state index in [1.165, 1.54) is 19.1 Å². The number of nitrogens with two attached hydrogens (primary N) is 1. The zero-order chi connectivity index (χ0) is 10.9. The molecule has 0 aromatic heterocycles. The fourth-order valence-corrected chi connectivity index (χ4v) is 1.14. The van der Waals surface area contributed by atoms with Crippen molar-refractivity contribution in [2.24, 2.45) is 0 Å². The lowest BCUT2D eigenvalue weighted by atomic mass is 10.0. The van der Waals surface area contributed by atoms with Crippen molar-refractivity contribution in [1.82, 2.24) is 0 Å². The number of aromatic hydroxyl groups is 1. The van der Waals surface area contributed by atoms with Crippen LogP contribution in [0.25, 0.3) is 0 Å². The van der Waals surface area contributed by atoms with Crippen LogP contribution in [0, 0.1) is 0 Å². The first-order valence-electron chi connectivity index (χ1n) is 3.85. The number of phenolic OH excluding ortho intramolecular Hbond substituents is 1. The van der Waals surface area contributed by atoms with Crippen LogP contribution in [0.5, 0.6) is 5.75 Å². The number of hydrogen-bond donors (Lipinski definition) is 2. The topological polar surface area (TPSA) is 63.3 Å². The number of alkyl halides is 2. The molecule has 0 aliphatic heterocycles. The number of benzene rings is 1. The van der Waals surface area contributed by atoms with Gasteiger partial charge in [0.25, 0.3) is 6.43 Å². The SMILES string of the molecule is CC(=O)c1ccc(N)c(C(F)F)c1O. The molecule has 1 aromatic rings. The zero-order valence-corrected chi connectivity index (χ0v) is 7.42. The van der Waals surface area contributed by atoms with E-state index >= 15 is 0 Å². The van der Waals surface area contributed by atoms with Gasteiger partial charge in [-0.05, 0) is 19.1 Å². The summed E-state index contributed by atoms with van der Waals surface area (Å²) in [4.78, 5) is 10.9. The Bertz CT molecular complexity index is 377. The number of anilines is 1. The van der Waals surface area contributed by atoms with E-state index < -0.39 is 23.5 Å². The van der Waals surface area contributed by atoms with Crippen molar-refractivity contribution in [3.05, 3.63) is 23.3 Å². The average Bonchev–Trinajstić information content (AvgIpc) is 2.02. The molecule has 1 aromatic carbocycles. The van der Waals surface area contributed by atoms with Gasteiger partial charge in [-0.15, -0.1) is 0 Å². The molecule has 76 valence electrons. The van der Waals surface area contributed by atoms with E-state index in [4.69, 9.17) is 5.73 Å². The van der Waals surface area contributed by atoms with Gasteiger partial charge >= 0.3 is 0 Å². The first kappa shape index (κ1) is 10.4. The molecular weight excluding hydrogens is 192 g/mol. The highest BCUT2D eigenvalue weighted by molar-refractivity contribution is 5.97. The predicted molar refractivity (Wildman–Crippen MR) is 47.5 cm³/mol. The smallest absolute Gasteiger partial charge is 0.269 e. The Hall–Kier alpha value is -1.65. The highest BCUT2D eigenvalue weighted by Gasteiger charge is 2.20.